The van der Waals surface area contributed by atoms with Crippen molar-refractivity contribution in [2.75, 3.05) is 7.11 Å². The minimum absolute atomic E-state index is 0.0826. The number of imide groups is 1. The summed E-state index contributed by atoms with van der Waals surface area (Å²) < 4.78 is 5.03. The Labute approximate surface area is 93.8 Å². The number of amides is 2. The van der Waals surface area contributed by atoms with Gasteiger partial charge in [0, 0.05) is 12.8 Å². The predicted molar refractivity (Wildman–Crippen MR) is 57.8 cm³/mol. The van der Waals surface area contributed by atoms with Crippen molar-refractivity contribution in [3.05, 3.63) is 29.8 Å². The monoisotopic (exact) mass is 219 g/mol. The molecule has 1 aromatic carbocycles. The Balaban J connectivity index is 2.08. The highest BCUT2D eigenvalue weighted by atomic mass is 16.5. The first kappa shape index (κ1) is 10.7. The molecule has 1 fully saturated rings. The van der Waals surface area contributed by atoms with Crippen LogP contribution in [0.1, 0.15) is 18.4 Å². The maximum absolute atomic E-state index is 11.4. The number of carbonyl (C=O) groups excluding carboxylic acids is 2. The smallest absolute Gasteiger partial charge is 0.229 e. The number of rotatable bonds is 3. The fourth-order valence-electron chi connectivity index (χ4n) is 1.71. The lowest BCUT2D eigenvalue weighted by Gasteiger charge is -2.13. The van der Waals surface area contributed by atoms with Crippen LogP contribution in [-0.4, -0.2) is 23.8 Å². The third-order valence-corrected chi connectivity index (χ3v) is 2.65. The van der Waals surface area contributed by atoms with Gasteiger partial charge in [0.15, 0.2) is 0 Å². The molecule has 0 radical (unpaired) electrons. The zero-order valence-corrected chi connectivity index (χ0v) is 9.10. The number of carbonyl (C=O) groups is 2. The van der Waals surface area contributed by atoms with E-state index in [2.05, 4.69) is 0 Å². The van der Waals surface area contributed by atoms with Gasteiger partial charge in [0.25, 0.3) is 0 Å². The number of hydrogen-bond donors (Lipinski definition) is 0. The van der Waals surface area contributed by atoms with Gasteiger partial charge in [-0.2, -0.15) is 0 Å². The van der Waals surface area contributed by atoms with E-state index in [0.717, 1.165) is 11.3 Å². The highest BCUT2D eigenvalue weighted by molar-refractivity contribution is 6.01. The van der Waals surface area contributed by atoms with Crippen LogP contribution >= 0.6 is 0 Å². The van der Waals surface area contributed by atoms with E-state index in [-0.39, 0.29) is 11.8 Å². The second-order valence-corrected chi connectivity index (χ2v) is 3.72. The summed E-state index contributed by atoms with van der Waals surface area (Å²) >= 11 is 0. The van der Waals surface area contributed by atoms with Crippen LogP contribution in [0, 0.1) is 0 Å². The number of nitrogens with zero attached hydrogens (tertiary/aromatic N) is 1. The largest absolute Gasteiger partial charge is 0.497 e. The van der Waals surface area contributed by atoms with Gasteiger partial charge in [-0.05, 0) is 17.7 Å². The molecule has 16 heavy (non-hydrogen) atoms. The van der Waals surface area contributed by atoms with Crippen LogP contribution in [0.2, 0.25) is 0 Å². The molecular weight excluding hydrogens is 206 g/mol. The summed E-state index contributed by atoms with van der Waals surface area (Å²) in [4.78, 5) is 24.1. The quantitative estimate of drug-likeness (QED) is 0.721. The lowest BCUT2D eigenvalue weighted by atomic mass is 10.2. The summed E-state index contributed by atoms with van der Waals surface area (Å²) in [5.74, 6) is 0.601. The molecule has 1 aliphatic heterocycles. The second kappa shape index (κ2) is 4.35. The van der Waals surface area contributed by atoms with Gasteiger partial charge in [0.05, 0.1) is 13.7 Å². The molecule has 0 N–H and O–H groups in total. The highest BCUT2D eigenvalue weighted by Gasteiger charge is 2.28. The van der Waals surface area contributed by atoms with Crippen molar-refractivity contribution in [2.45, 2.75) is 19.4 Å². The van der Waals surface area contributed by atoms with Crippen molar-refractivity contribution in [2.24, 2.45) is 0 Å². The van der Waals surface area contributed by atoms with Gasteiger partial charge in [-0.1, -0.05) is 12.1 Å². The SMILES string of the molecule is COc1ccc(CN2C(=O)CCC2=O)cc1. The predicted octanol–water partition coefficient (Wildman–Crippen LogP) is 1.34. The van der Waals surface area contributed by atoms with Crippen molar-refractivity contribution in [1.29, 1.82) is 0 Å². The van der Waals surface area contributed by atoms with Gasteiger partial charge in [0.1, 0.15) is 5.75 Å². The maximum Gasteiger partial charge on any atom is 0.229 e. The van der Waals surface area contributed by atoms with E-state index in [9.17, 15) is 9.59 Å². The third-order valence-electron chi connectivity index (χ3n) is 2.65. The molecule has 0 saturated carbocycles. The summed E-state index contributed by atoms with van der Waals surface area (Å²) in [6.45, 7) is 0.363. The van der Waals surface area contributed by atoms with Gasteiger partial charge < -0.3 is 4.74 Å². The van der Waals surface area contributed by atoms with Gasteiger partial charge in [0.2, 0.25) is 11.8 Å². The second-order valence-electron chi connectivity index (χ2n) is 3.72. The van der Waals surface area contributed by atoms with Crippen LogP contribution in [-0.2, 0) is 16.1 Å². The van der Waals surface area contributed by atoms with E-state index in [1.54, 1.807) is 7.11 Å². The van der Waals surface area contributed by atoms with Crippen molar-refractivity contribution in [3.63, 3.8) is 0 Å². The molecule has 1 heterocycles. The Kier molecular flexibility index (Phi) is 2.90. The molecule has 1 saturated heterocycles. The first-order chi connectivity index (χ1) is 7.70. The Bertz CT molecular complexity index is 395. The first-order valence-corrected chi connectivity index (χ1v) is 5.17. The van der Waals surface area contributed by atoms with Crippen LogP contribution in [0.4, 0.5) is 0 Å². The third kappa shape index (κ3) is 2.05. The minimum Gasteiger partial charge on any atom is -0.497 e. The number of benzene rings is 1. The molecule has 0 atom stereocenters. The molecule has 0 unspecified atom stereocenters. The molecule has 0 bridgehead atoms. The van der Waals surface area contributed by atoms with Gasteiger partial charge in [-0.3, -0.25) is 14.5 Å². The molecule has 0 aromatic heterocycles. The van der Waals surface area contributed by atoms with Gasteiger partial charge in [-0.15, -0.1) is 0 Å². The molecule has 1 aliphatic rings. The van der Waals surface area contributed by atoms with Crippen molar-refractivity contribution in [3.8, 4) is 5.75 Å². The summed E-state index contributed by atoms with van der Waals surface area (Å²) in [7, 11) is 1.60. The molecule has 0 aliphatic carbocycles. The van der Waals surface area contributed by atoms with E-state index in [4.69, 9.17) is 4.74 Å². The Morgan fingerprint density at radius 3 is 2.19 bits per heavy atom. The average molecular weight is 219 g/mol. The maximum atomic E-state index is 11.4. The molecular formula is C12H13NO3. The van der Waals surface area contributed by atoms with E-state index >= 15 is 0 Å². The fraction of sp³-hybridized carbons (Fsp3) is 0.333. The zero-order valence-electron chi connectivity index (χ0n) is 9.10. The van der Waals surface area contributed by atoms with Gasteiger partial charge >= 0.3 is 0 Å². The van der Waals surface area contributed by atoms with Crippen LogP contribution in [0.5, 0.6) is 5.75 Å². The van der Waals surface area contributed by atoms with E-state index < -0.39 is 0 Å². The summed E-state index contributed by atoms with van der Waals surface area (Å²) in [5, 5.41) is 0. The van der Waals surface area contributed by atoms with Crippen LogP contribution in [0.25, 0.3) is 0 Å². The number of methoxy groups -OCH3 is 1. The minimum atomic E-state index is -0.0826. The van der Waals surface area contributed by atoms with Crippen LogP contribution < -0.4 is 4.74 Å². The number of ether oxygens (including phenoxy) is 1. The van der Waals surface area contributed by atoms with Crippen molar-refractivity contribution < 1.29 is 14.3 Å². The van der Waals surface area contributed by atoms with E-state index in [0.29, 0.717) is 19.4 Å². The lowest BCUT2D eigenvalue weighted by molar-refractivity contribution is -0.139. The Hall–Kier alpha value is -1.84. The molecule has 4 nitrogen and oxygen atoms in total. The highest BCUT2D eigenvalue weighted by Crippen LogP contribution is 2.17. The Morgan fingerprint density at radius 1 is 1.12 bits per heavy atom. The van der Waals surface area contributed by atoms with Crippen LogP contribution in [0.15, 0.2) is 24.3 Å². The molecule has 0 spiro atoms. The van der Waals surface area contributed by atoms with Crippen molar-refractivity contribution in [1.82, 2.24) is 4.90 Å². The van der Waals surface area contributed by atoms with Crippen molar-refractivity contribution >= 4 is 11.8 Å². The standard InChI is InChI=1S/C12H13NO3/c1-16-10-4-2-9(3-5-10)8-13-11(14)6-7-12(13)15/h2-5H,6-8H2,1H3. The number of hydrogen-bond acceptors (Lipinski definition) is 3. The summed E-state index contributed by atoms with van der Waals surface area (Å²) in [6, 6.07) is 7.36. The number of likely N-dealkylation sites (tertiary alicyclic amines) is 1. The van der Waals surface area contributed by atoms with Gasteiger partial charge in [-0.25, -0.2) is 0 Å². The Morgan fingerprint density at radius 2 is 1.69 bits per heavy atom. The molecule has 1 aromatic rings. The average Bonchev–Trinajstić information content (AvgIpc) is 2.62. The van der Waals surface area contributed by atoms with E-state index in [1.807, 2.05) is 24.3 Å². The zero-order chi connectivity index (χ0) is 11.5. The molecule has 2 amide bonds. The molecule has 4 heteroatoms. The molecule has 2 rings (SSSR count). The van der Waals surface area contributed by atoms with Crippen LogP contribution in [0.3, 0.4) is 0 Å². The summed E-state index contributed by atoms with van der Waals surface area (Å²) in [6.07, 6.45) is 0.685. The summed E-state index contributed by atoms with van der Waals surface area (Å²) in [5.41, 5.74) is 0.935. The normalized spacial score (nSPS) is 15.7. The lowest BCUT2D eigenvalue weighted by Crippen LogP contribution is -2.28. The molecule has 84 valence electrons. The van der Waals surface area contributed by atoms with E-state index in [1.165, 1.54) is 4.90 Å². The fourth-order valence-corrected chi connectivity index (χ4v) is 1.71. The first-order valence-electron chi connectivity index (χ1n) is 5.17. The topological polar surface area (TPSA) is 46.6 Å².